The average Bonchev–Trinajstić information content (AvgIpc) is 2.94. The Morgan fingerprint density at radius 2 is 1.84 bits per heavy atom. The molecule has 7 nitrogen and oxygen atoms in total. The van der Waals surface area contributed by atoms with Crippen molar-refractivity contribution < 1.29 is 24.2 Å². The van der Waals surface area contributed by atoms with Crippen molar-refractivity contribution >= 4 is 17.8 Å². The minimum Gasteiger partial charge on any atom is -0.463 e. The zero-order valence-corrected chi connectivity index (χ0v) is 22.6. The van der Waals surface area contributed by atoms with Gasteiger partial charge in [-0.1, -0.05) is 68.5 Å². The zero-order chi connectivity index (χ0) is 27.3. The van der Waals surface area contributed by atoms with Crippen LogP contribution in [0.4, 0.5) is 0 Å². The van der Waals surface area contributed by atoms with Crippen LogP contribution in [0.15, 0.2) is 49.6 Å². The van der Waals surface area contributed by atoms with Crippen LogP contribution in [0.1, 0.15) is 75.3 Å². The molecule has 1 aliphatic heterocycles. The number of allylic oxidation sites excluding steroid dienone is 2. The first-order chi connectivity index (χ1) is 18.4. The topological polar surface area (TPSA) is 95.9 Å². The molecule has 0 bridgehead atoms. The van der Waals surface area contributed by atoms with Crippen molar-refractivity contribution in [3.8, 4) is 0 Å². The minimum atomic E-state index is -0.582. The van der Waals surface area contributed by atoms with Crippen LogP contribution in [-0.4, -0.2) is 53.1 Å². The number of aliphatic hydroxyl groups is 1. The molecular weight excluding hydrogens is 480 g/mol. The van der Waals surface area contributed by atoms with Gasteiger partial charge < -0.3 is 20.1 Å². The Morgan fingerprint density at radius 1 is 1.11 bits per heavy atom. The number of rotatable bonds is 14. The SMILES string of the molecule is C=CCCC(=O)OC[C@H](CC1CCCCC1)NC(=O)[C@H](CC=C)CC(=O)N1Cc2ccccc2C[C@H]1CO. The summed E-state index contributed by atoms with van der Waals surface area (Å²) in [6.45, 7) is 7.87. The second kappa shape index (κ2) is 15.5. The highest BCUT2D eigenvalue weighted by Crippen LogP contribution is 2.28. The number of nitrogens with one attached hydrogen (secondary N) is 1. The van der Waals surface area contributed by atoms with Crippen molar-refractivity contribution in [2.75, 3.05) is 13.2 Å². The van der Waals surface area contributed by atoms with Gasteiger partial charge in [-0.2, -0.15) is 0 Å². The van der Waals surface area contributed by atoms with E-state index < -0.39 is 5.92 Å². The second-order valence-electron chi connectivity index (χ2n) is 10.7. The number of hydrogen-bond acceptors (Lipinski definition) is 5. The van der Waals surface area contributed by atoms with Crippen molar-refractivity contribution in [3.63, 3.8) is 0 Å². The molecule has 1 saturated carbocycles. The van der Waals surface area contributed by atoms with E-state index in [9.17, 15) is 19.5 Å². The van der Waals surface area contributed by atoms with Gasteiger partial charge in [-0.15, -0.1) is 13.2 Å². The van der Waals surface area contributed by atoms with Crippen LogP contribution in [0.25, 0.3) is 0 Å². The lowest BCUT2D eigenvalue weighted by Gasteiger charge is -2.36. The molecule has 0 unspecified atom stereocenters. The summed E-state index contributed by atoms with van der Waals surface area (Å²) in [7, 11) is 0. The van der Waals surface area contributed by atoms with Crippen molar-refractivity contribution in [1.29, 1.82) is 0 Å². The van der Waals surface area contributed by atoms with E-state index in [1.54, 1.807) is 17.1 Å². The molecule has 0 aromatic heterocycles. The fraction of sp³-hybridized carbons (Fsp3) is 0.581. The molecule has 38 heavy (non-hydrogen) atoms. The number of nitrogens with zero attached hydrogens (tertiary/aromatic N) is 1. The van der Waals surface area contributed by atoms with E-state index in [1.165, 1.54) is 19.3 Å². The smallest absolute Gasteiger partial charge is 0.306 e. The monoisotopic (exact) mass is 524 g/mol. The molecule has 1 aromatic rings. The van der Waals surface area contributed by atoms with Crippen molar-refractivity contribution in [2.24, 2.45) is 11.8 Å². The average molecular weight is 525 g/mol. The quantitative estimate of drug-likeness (QED) is 0.276. The normalized spacial score (nSPS) is 19.1. The van der Waals surface area contributed by atoms with Gasteiger partial charge in [0, 0.05) is 19.4 Å². The van der Waals surface area contributed by atoms with Gasteiger partial charge in [0.1, 0.15) is 6.61 Å². The predicted octanol–water partition coefficient (Wildman–Crippen LogP) is 4.48. The standard InChI is InChI=1S/C31H44N2O5/c1-3-5-16-30(36)38-22-27(17-23-12-7-6-8-13-23)32-31(37)25(11-4-2)19-29(35)33-20-26-15-10-9-14-24(26)18-28(33)21-34/h3-4,9-10,14-15,23,25,27-28,34H,1-2,5-8,11-13,16-22H2,(H,32,37)/t25-,27+,28+/m1/s1. The Labute approximate surface area is 227 Å². The maximum absolute atomic E-state index is 13.4. The number of ether oxygens (including phenoxy) is 1. The Bertz CT molecular complexity index is 955. The highest BCUT2D eigenvalue weighted by Gasteiger charge is 2.32. The van der Waals surface area contributed by atoms with Gasteiger partial charge in [0.15, 0.2) is 0 Å². The van der Waals surface area contributed by atoms with Gasteiger partial charge in [-0.25, -0.2) is 0 Å². The number of amides is 2. The van der Waals surface area contributed by atoms with E-state index in [4.69, 9.17) is 4.74 Å². The summed E-state index contributed by atoms with van der Waals surface area (Å²) < 4.78 is 5.50. The second-order valence-corrected chi connectivity index (χ2v) is 10.7. The van der Waals surface area contributed by atoms with Crippen LogP contribution >= 0.6 is 0 Å². The molecule has 1 heterocycles. The van der Waals surface area contributed by atoms with Crippen LogP contribution < -0.4 is 5.32 Å². The van der Waals surface area contributed by atoms with Crippen LogP contribution in [0.5, 0.6) is 0 Å². The number of carbonyl (C=O) groups is 3. The number of carbonyl (C=O) groups excluding carboxylic acids is 3. The Kier molecular flexibility index (Phi) is 12.1. The zero-order valence-electron chi connectivity index (χ0n) is 22.6. The third-order valence-electron chi connectivity index (χ3n) is 7.82. The molecule has 3 atom stereocenters. The molecule has 1 aromatic carbocycles. The van der Waals surface area contributed by atoms with Gasteiger partial charge in [0.05, 0.1) is 24.6 Å². The largest absolute Gasteiger partial charge is 0.463 e. The van der Waals surface area contributed by atoms with E-state index >= 15 is 0 Å². The lowest BCUT2D eigenvalue weighted by atomic mass is 9.84. The Hall–Kier alpha value is -2.93. The third kappa shape index (κ3) is 8.83. The van der Waals surface area contributed by atoms with Crippen LogP contribution in [0.2, 0.25) is 0 Å². The molecule has 208 valence electrons. The van der Waals surface area contributed by atoms with Gasteiger partial charge in [-0.3, -0.25) is 14.4 Å². The molecule has 0 saturated heterocycles. The van der Waals surface area contributed by atoms with E-state index in [0.29, 0.717) is 31.7 Å². The maximum atomic E-state index is 13.4. The summed E-state index contributed by atoms with van der Waals surface area (Å²) >= 11 is 0. The molecule has 0 spiro atoms. The number of hydrogen-bond donors (Lipinski definition) is 2. The number of fused-ring (bicyclic) bond motifs is 1. The first kappa shape index (κ1) is 29.6. The van der Waals surface area contributed by atoms with Crippen LogP contribution in [-0.2, 0) is 32.1 Å². The third-order valence-corrected chi connectivity index (χ3v) is 7.82. The predicted molar refractivity (Wildman–Crippen MR) is 148 cm³/mol. The summed E-state index contributed by atoms with van der Waals surface area (Å²) in [6.07, 6.45) is 11.8. The molecule has 2 amide bonds. The first-order valence-corrected chi connectivity index (χ1v) is 14.1. The molecule has 3 rings (SSSR count). The molecule has 0 radical (unpaired) electrons. The van der Waals surface area contributed by atoms with E-state index in [-0.39, 0.29) is 55.9 Å². The molecular formula is C31H44N2O5. The van der Waals surface area contributed by atoms with Crippen LogP contribution in [0.3, 0.4) is 0 Å². The van der Waals surface area contributed by atoms with E-state index in [0.717, 1.165) is 30.4 Å². The summed E-state index contributed by atoms with van der Waals surface area (Å²) in [5.41, 5.74) is 2.21. The highest BCUT2D eigenvalue weighted by molar-refractivity contribution is 5.86. The van der Waals surface area contributed by atoms with E-state index in [1.807, 2.05) is 24.3 Å². The number of benzene rings is 1. The van der Waals surface area contributed by atoms with Crippen molar-refractivity contribution in [1.82, 2.24) is 10.2 Å². The fourth-order valence-electron chi connectivity index (χ4n) is 5.65. The molecule has 1 fully saturated rings. The maximum Gasteiger partial charge on any atom is 0.306 e. The summed E-state index contributed by atoms with van der Waals surface area (Å²) in [5.74, 6) is -0.772. The summed E-state index contributed by atoms with van der Waals surface area (Å²) in [6, 6.07) is 7.35. The lowest BCUT2D eigenvalue weighted by Crippen LogP contribution is -2.48. The van der Waals surface area contributed by atoms with Gasteiger partial charge in [0.25, 0.3) is 0 Å². The molecule has 2 N–H and O–H groups in total. The lowest BCUT2D eigenvalue weighted by molar-refractivity contribution is -0.145. The van der Waals surface area contributed by atoms with Gasteiger partial charge in [-0.05, 0) is 42.7 Å². The first-order valence-electron chi connectivity index (χ1n) is 14.1. The molecule has 2 aliphatic rings. The summed E-state index contributed by atoms with van der Waals surface area (Å²) in [5, 5.41) is 13.1. The van der Waals surface area contributed by atoms with Gasteiger partial charge >= 0.3 is 5.97 Å². The Morgan fingerprint density at radius 3 is 2.53 bits per heavy atom. The van der Waals surface area contributed by atoms with E-state index in [2.05, 4.69) is 18.5 Å². The molecule has 7 heteroatoms. The minimum absolute atomic E-state index is 0.0335. The van der Waals surface area contributed by atoms with Gasteiger partial charge in [0.2, 0.25) is 11.8 Å². The van der Waals surface area contributed by atoms with Crippen molar-refractivity contribution in [2.45, 2.75) is 89.3 Å². The number of aliphatic hydroxyl groups excluding tert-OH is 1. The van der Waals surface area contributed by atoms with Crippen molar-refractivity contribution in [3.05, 3.63) is 60.7 Å². The Balaban J connectivity index is 1.65. The summed E-state index contributed by atoms with van der Waals surface area (Å²) in [4.78, 5) is 40.7. The fourth-order valence-corrected chi connectivity index (χ4v) is 5.65. The highest BCUT2D eigenvalue weighted by atomic mass is 16.5. The number of esters is 1. The van der Waals surface area contributed by atoms with Crippen LogP contribution in [0, 0.1) is 11.8 Å². The molecule has 1 aliphatic carbocycles.